The van der Waals surface area contributed by atoms with Gasteiger partial charge in [-0.15, -0.1) is 0 Å². The standard InChI is InChI=1S/C39H87B4N7O8/c1-38(2,3)57-36(51)45(11)25-21-31-47(40(7)53)27-17-19-29-49(42(9)55)33-35(23-15-13-14-16-24-44)34-50(43(10)56)30-20-18-28-48(41(8)54)32-22-26-46(12)37(52)58-39(4,5)6/h35,53-56H,13-34,44H2,1-12H3. The van der Waals surface area contributed by atoms with E-state index in [2.05, 4.69) is 9.62 Å². The summed E-state index contributed by atoms with van der Waals surface area (Å²) in [6.45, 7) is 25.6. The molecule has 2 amide bonds. The van der Waals surface area contributed by atoms with Gasteiger partial charge in [-0.1, -0.05) is 19.3 Å². The topological polar surface area (TPSA) is 179 Å². The van der Waals surface area contributed by atoms with Gasteiger partial charge in [0.25, 0.3) is 0 Å². The van der Waals surface area contributed by atoms with Crippen LogP contribution in [-0.4, -0.2) is 187 Å². The molecular formula is C39H87B4N7O8. The molecule has 0 spiro atoms. The van der Waals surface area contributed by atoms with Gasteiger partial charge in [0.1, 0.15) is 11.2 Å². The number of hydrogen-bond acceptors (Lipinski definition) is 13. The SMILES string of the molecule is CB(O)N(CCCCN(CC(CCCCCCN)CN(CCCCN(CCCN(C)C(=O)OC(C)(C)C)B(C)O)B(C)O)B(C)O)CCCN(C)C(=O)OC(C)(C)C. The van der Waals surface area contributed by atoms with Crippen molar-refractivity contribution in [3.63, 3.8) is 0 Å². The average molecular weight is 825 g/mol. The normalized spacial score (nSPS) is 12.2. The molecule has 0 aliphatic carbocycles. The lowest BCUT2D eigenvalue weighted by Gasteiger charge is -2.33. The van der Waals surface area contributed by atoms with Crippen molar-refractivity contribution in [3.8, 4) is 0 Å². The average Bonchev–Trinajstić information content (AvgIpc) is 3.09. The lowest BCUT2D eigenvalue weighted by atomic mass is 9.80. The smallest absolute Gasteiger partial charge is 0.410 e. The van der Waals surface area contributed by atoms with Gasteiger partial charge < -0.3 is 64.3 Å². The molecule has 0 aromatic carbocycles. The Labute approximate surface area is 356 Å². The van der Waals surface area contributed by atoms with Gasteiger partial charge in [0.15, 0.2) is 0 Å². The number of nitrogens with two attached hydrogens (primary N) is 1. The maximum absolute atomic E-state index is 12.3. The minimum Gasteiger partial charge on any atom is -0.444 e. The van der Waals surface area contributed by atoms with Gasteiger partial charge in [-0.25, -0.2) is 9.59 Å². The highest BCUT2D eigenvalue weighted by Crippen LogP contribution is 2.18. The van der Waals surface area contributed by atoms with Crippen LogP contribution in [0.5, 0.6) is 0 Å². The Morgan fingerprint density at radius 2 is 0.810 bits per heavy atom. The molecule has 0 aromatic rings. The number of nitrogens with zero attached hydrogens (tertiary/aromatic N) is 6. The van der Waals surface area contributed by atoms with E-state index in [-0.39, 0.29) is 18.1 Å². The molecule has 15 nitrogen and oxygen atoms in total. The van der Waals surface area contributed by atoms with Crippen molar-refractivity contribution in [1.29, 1.82) is 0 Å². The highest BCUT2D eigenvalue weighted by molar-refractivity contribution is 6.46. The van der Waals surface area contributed by atoms with E-state index in [9.17, 15) is 29.7 Å². The molecule has 0 unspecified atom stereocenters. The summed E-state index contributed by atoms with van der Waals surface area (Å²) in [6, 6.07) is 0. The van der Waals surface area contributed by atoms with E-state index in [1.165, 1.54) is 0 Å². The van der Waals surface area contributed by atoms with E-state index < -0.39 is 39.4 Å². The van der Waals surface area contributed by atoms with E-state index in [0.717, 1.165) is 57.8 Å². The molecule has 338 valence electrons. The summed E-state index contributed by atoms with van der Waals surface area (Å²) in [5.74, 6) is 0.244. The minimum absolute atomic E-state index is 0.244. The fourth-order valence-electron chi connectivity index (χ4n) is 6.81. The quantitative estimate of drug-likeness (QED) is 0.0481. The van der Waals surface area contributed by atoms with Crippen LogP contribution in [0.4, 0.5) is 9.59 Å². The van der Waals surface area contributed by atoms with Crippen molar-refractivity contribution >= 4 is 40.4 Å². The third-order valence-corrected chi connectivity index (χ3v) is 10.2. The lowest BCUT2D eigenvalue weighted by molar-refractivity contribution is 0.0284. The van der Waals surface area contributed by atoms with Gasteiger partial charge >= 0.3 is 40.4 Å². The first-order valence-corrected chi connectivity index (χ1v) is 22.2. The molecule has 19 heteroatoms. The van der Waals surface area contributed by atoms with Crippen LogP contribution < -0.4 is 5.73 Å². The molecule has 0 heterocycles. The fourth-order valence-corrected chi connectivity index (χ4v) is 6.81. The van der Waals surface area contributed by atoms with Crippen LogP contribution in [0.15, 0.2) is 0 Å². The molecule has 0 aliphatic rings. The third-order valence-electron chi connectivity index (χ3n) is 10.2. The van der Waals surface area contributed by atoms with Crippen molar-refractivity contribution in [1.82, 2.24) is 29.0 Å². The summed E-state index contributed by atoms with van der Waals surface area (Å²) in [6.07, 6.45) is 9.37. The molecule has 0 rings (SSSR count). The molecule has 58 heavy (non-hydrogen) atoms. The molecule has 0 bridgehead atoms. The molecular weight excluding hydrogens is 738 g/mol. The van der Waals surface area contributed by atoms with Crippen LogP contribution in [0.1, 0.15) is 112 Å². The molecule has 0 saturated carbocycles. The zero-order chi connectivity index (χ0) is 44.5. The van der Waals surface area contributed by atoms with E-state index in [1.807, 2.05) is 64.8 Å². The highest BCUT2D eigenvalue weighted by atomic mass is 16.6. The Morgan fingerprint density at radius 1 is 0.500 bits per heavy atom. The highest BCUT2D eigenvalue weighted by Gasteiger charge is 2.27. The summed E-state index contributed by atoms with van der Waals surface area (Å²) in [5, 5.41) is 42.6. The van der Waals surface area contributed by atoms with E-state index >= 15 is 0 Å². The van der Waals surface area contributed by atoms with Crippen LogP contribution in [0.3, 0.4) is 0 Å². The number of unbranched alkanes of at least 4 members (excludes halogenated alkanes) is 5. The Kier molecular flexibility index (Phi) is 29.6. The monoisotopic (exact) mass is 826 g/mol. The van der Waals surface area contributed by atoms with Crippen molar-refractivity contribution in [2.75, 3.05) is 86.1 Å². The number of hydrogen-bond donors (Lipinski definition) is 5. The first-order valence-electron chi connectivity index (χ1n) is 22.2. The Balaban J connectivity index is 5.25. The fraction of sp³-hybridized carbons (Fsp3) is 0.949. The molecule has 0 saturated heterocycles. The lowest BCUT2D eigenvalue weighted by Crippen LogP contribution is -2.47. The summed E-state index contributed by atoms with van der Waals surface area (Å²) in [7, 11) is 1.00. The molecule has 0 aliphatic heterocycles. The Bertz CT molecular complexity index is 1000. The van der Waals surface area contributed by atoms with Gasteiger partial charge in [0.2, 0.25) is 0 Å². The summed E-state index contributed by atoms with van der Waals surface area (Å²) in [4.78, 5) is 36.1. The predicted octanol–water partition coefficient (Wildman–Crippen LogP) is 4.24. The second-order valence-corrected chi connectivity index (χ2v) is 18.4. The van der Waals surface area contributed by atoms with Crippen molar-refractivity contribution in [2.24, 2.45) is 11.7 Å². The Hall–Kier alpha value is -1.56. The largest absolute Gasteiger partial charge is 0.444 e. The molecule has 0 radical (unpaired) electrons. The molecule has 0 atom stereocenters. The van der Waals surface area contributed by atoms with Gasteiger partial charge in [-0.2, -0.15) is 0 Å². The predicted molar refractivity (Wildman–Crippen MR) is 243 cm³/mol. The van der Waals surface area contributed by atoms with Crippen LogP contribution in [0.2, 0.25) is 27.3 Å². The molecule has 6 N–H and O–H groups in total. The third kappa shape index (κ3) is 28.8. The van der Waals surface area contributed by atoms with Crippen LogP contribution in [-0.2, 0) is 9.47 Å². The zero-order valence-corrected chi connectivity index (χ0v) is 39.1. The van der Waals surface area contributed by atoms with E-state index in [4.69, 9.17) is 15.2 Å². The molecule has 0 fully saturated rings. The Morgan fingerprint density at radius 3 is 1.12 bits per heavy atom. The summed E-state index contributed by atoms with van der Waals surface area (Å²) < 4.78 is 10.9. The number of amides is 2. The maximum Gasteiger partial charge on any atom is 0.410 e. The van der Waals surface area contributed by atoms with Crippen LogP contribution in [0, 0.1) is 5.92 Å². The van der Waals surface area contributed by atoms with Gasteiger partial charge in [0.05, 0.1) is 0 Å². The number of carbonyl (C=O) groups is 2. The van der Waals surface area contributed by atoms with E-state index in [0.29, 0.717) is 84.8 Å². The number of carbonyl (C=O) groups excluding carboxylic acids is 2. The minimum atomic E-state index is -0.619. The van der Waals surface area contributed by atoms with E-state index in [1.54, 1.807) is 37.5 Å². The second-order valence-electron chi connectivity index (χ2n) is 18.4. The van der Waals surface area contributed by atoms with Gasteiger partial charge in [-0.05, 0) is 185 Å². The first-order chi connectivity index (χ1) is 27.0. The van der Waals surface area contributed by atoms with Gasteiger partial charge in [0, 0.05) is 27.2 Å². The zero-order valence-electron chi connectivity index (χ0n) is 39.1. The van der Waals surface area contributed by atoms with Crippen molar-refractivity contribution in [3.05, 3.63) is 0 Å². The van der Waals surface area contributed by atoms with Crippen LogP contribution in [0.25, 0.3) is 0 Å². The van der Waals surface area contributed by atoms with Crippen LogP contribution >= 0.6 is 0 Å². The maximum atomic E-state index is 12.3. The first kappa shape index (κ1) is 56.4. The van der Waals surface area contributed by atoms with Crippen molar-refractivity contribution in [2.45, 2.75) is 151 Å². The van der Waals surface area contributed by atoms with Crippen molar-refractivity contribution < 1.29 is 39.2 Å². The summed E-state index contributed by atoms with van der Waals surface area (Å²) in [5.41, 5.74) is 4.65. The summed E-state index contributed by atoms with van der Waals surface area (Å²) >= 11 is 0. The number of rotatable bonds is 32. The second kappa shape index (κ2) is 30.5. The number of ether oxygens (including phenoxy) is 2. The molecule has 0 aromatic heterocycles. The van der Waals surface area contributed by atoms with Gasteiger partial charge in [-0.3, -0.25) is 0 Å².